The molecule has 0 bridgehead atoms. The molecule has 1 heterocycles. The van der Waals surface area contributed by atoms with E-state index in [1.165, 1.54) is 0 Å². The Kier molecular flexibility index (Phi) is 8.51. The van der Waals surface area contributed by atoms with Crippen LogP contribution < -0.4 is 15.4 Å². The molecule has 0 aromatic heterocycles. The fraction of sp³-hybridized carbons (Fsp3) is 0.217. The number of para-hydroxylation sites is 1. The first-order chi connectivity index (χ1) is 15.9. The third kappa shape index (κ3) is 6.59. The monoisotopic (exact) mass is 487 g/mol. The lowest BCUT2D eigenvalue weighted by atomic mass is 10.2. The Bertz CT molecular complexity index is 1090. The van der Waals surface area contributed by atoms with E-state index in [9.17, 15) is 19.2 Å². The zero-order valence-corrected chi connectivity index (χ0v) is 19.4. The highest BCUT2D eigenvalue weighted by molar-refractivity contribution is 8.18. The summed E-state index contributed by atoms with van der Waals surface area (Å²) in [6.07, 6.45) is 1.62. The van der Waals surface area contributed by atoms with E-state index >= 15 is 0 Å². The number of hydrogen-bond donors (Lipinski definition) is 2. The molecule has 0 saturated carbocycles. The van der Waals surface area contributed by atoms with E-state index in [0.717, 1.165) is 22.2 Å². The molecular formula is C23H22ClN3O5S. The van der Waals surface area contributed by atoms with Crippen molar-refractivity contribution in [1.29, 1.82) is 0 Å². The number of rotatable bonds is 9. The first-order valence-electron chi connectivity index (χ1n) is 10.2. The number of imide groups is 1. The molecule has 2 N–H and O–H groups in total. The van der Waals surface area contributed by atoms with Gasteiger partial charge in [0, 0.05) is 18.1 Å². The Morgan fingerprint density at radius 1 is 1.09 bits per heavy atom. The molecule has 4 amide bonds. The molecule has 172 valence electrons. The number of amides is 4. The predicted octanol–water partition coefficient (Wildman–Crippen LogP) is 3.32. The van der Waals surface area contributed by atoms with Crippen LogP contribution in [-0.4, -0.2) is 54.1 Å². The third-order valence-electron chi connectivity index (χ3n) is 4.54. The van der Waals surface area contributed by atoms with Crippen LogP contribution in [0.25, 0.3) is 6.08 Å². The summed E-state index contributed by atoms with van der Waals surface area (Å²) < 4.78 is 5.42. The average Bonchev–Trinajstić information content (AvgIpc) is 3.07. The van der Waals surface area contributed by atoms with Crippen molar-refractivity contribution in [3.05, 3.63) is 69.6 Å². The SMILES string of the molecule is CCOc1ccccc1C(=O)NCC(=O)NCCN1C(=O)S/C(=C\c2ccc(Cl)cc2)C1=O. The normalized spacial score (nSPS) is 14.5. The molecule has 0 unspecified atom stereocenters. The summed E-state index contributed by atoms with van der Waals surface area (Å²) in [6.45, 7) is 2.06. The lowest BCUT2D eigenvalue weighted by molar-refractivity contribution is -0.124. The molecule has 2 aromatic rings. The Labute approximate surface area is 200 Å². The standard InChI is InChI=1S/C23H22ClN3O5S/c1-2-32-18-6-4-3-5-17(18)21(29)26-14-20(28)25-11-12-27-22(30)19(33-23(27)31)13-15-7-9-16(24)10-8-15/h3-10,13H,2,11-12,14H2,1H3,(H,25,28)(H,26,29)/b19-13-. The second-order valence-electron chi connectivity index (χ2n) is 6.85. The smallest absolute Gasteiger partial charge is 0.293 e. The van der Waals surface area contributed by atoms with Gasteiger partial charge in [-0.15, -0.1) is 0 Å². The summed E-state index contributed by atoms with van der Waals surface area (Å²) in [5.74, 6) is -0.868. The van der Waals surface area contributed by atoms with Gasteiger partial charge in [0.05, 0.1) is 23.6 Å². The molecule has 1 fully saturated rings. The zero-order chi connectivity index (χ0) is 23.8. The van der Waals surface area contributed by atoms with Gasteiger partial charge in [0.15, 0.2) is 0 Å². The largest absolute Gasteiger partial charge is 0.493 e. The van der Waals surface area contributed by atoms with E-state index in [-0.39, 0.29) is 19.6 Å². The van der Waals surface area contributed by atoms with Crippen LogP contribution in [0.3, 0.4) is 0 Å². The summed E-state index contributed by atoms with van der Waals surface area (Å²) in [7, 11) is 0. The lowest BCUT2D eigenvalue weighted by Crippen LogP contribution is -2.41. The highest BCUT2D eigenvalue weighted by Gasteiger charge is 2.34. The molecule has 1 saturated heterocycles. The second kappa shape index (κ2) is 11.5. The molecule has 2 aromatic carbocycles. The molecule has 8 nitrogen and oxygen atoms in total. The van der Waals surface area contributed by atoms with Crippen molar-refractivity contribution >= 4 is 52.4 Å². The number of ether oxygens (including phenoxy) is 1. The van der Waals surface area contributed by atoms with Gasteiger partial charge in [-0.05, 0) is 54.6 Å². The molecular weight excluding hydrogens is 466 g/mol. The molecule has 33 heavy (non-hydrogen) atoms. The average molecular weight is 488 g/mol. The quantitative estimate of drug-likeness (QED) is 0.526. The van der Waals surface area contributed by atoms with E-state index in [2.05, 4.69) is 10.6 Å². The van der Waals surface area contributed by atoms with Gasteiger partial charge in [-0.1, -0.05) is 35.9 Å². The van der Waals surface area contributed by atoms with E-state index in [4.69, 9.17) is 16.3 Å². The molecule has 0 aliphatic carbocycles. The maximum Gasteiger partial charge on any atom is 0.293 e. The van der Waals surface area contributed by atoms with Crippen molar-refractivity contribution in [1.82, 2.24) is 15.5 Å². The number of nitrogens with zero attached hydrogens (tertiary/aromatic N) is 1. The summed E-state index contributed by atoms with van der Waals surface area (Å²) in [4.78, 5) is 50.5. The maximum atomic E-state index is 12.5. The second-order valence-corrected chi connectivity index (χ2v) is 8.28. The summed E-state index contributed by atoms with van der Waals surface area (Å²) in [5.41, 5.74) is 1.08. The van der Waals surface area contributed by atoms with E-state index in [1.807, 2.05) is 6.92 Å². The molecule has 10 heteroatoms. The van der Waals surface area contributed by atoms with Crippen molar-refractivity contribution in [3.63, 3.8) is 0 Å². The number of carbonyl (C=O) groups is 4. The highest BCUT2D eigenvalue weighted by atomic mass is 35.5. The number of hydrogen-bond acceptors (Lipinski definition) is 6. The fourth-order valence-corrected chi connectivity index (χ4v) is 3.96. The van der Waals surface area contributed by atoms with Crippen molar-refractivity contribution < 1.29 is 23.9 Å². The van der Waals surface area contributed by atoms with Gasteiger partial charge in [-0.2, -0.15) is 0 Å². The van der Waals surface area contributed by atoms with Crippen molar-refractivity contribution in [2.45, 2.75) is 6.92 Å². The van der Waals surface area contributed by atoms with Crippen LogP contribution in [0.5, 0.6) is 5.75 Å². The molecule has 3 rings (SSSR count). The number of benzene rings is 2. The first kappa shape index (κ1) is 24.3. The summed E-state index contributed by atoms with van der Waals surface area (Å²) in [5, 5.41) is 5.29. The minimum Gasteiger partial charge on any atom is -0.493 e. The maximum absolute atomic E-state index is 12.5. The number of halogens is 1. The van der Waals surface area contributed by atoms with Crippen LogP contribution in [-0.2, 0) is 9.59 Å². The van der Waals surface area contributed by atoms with Crippen LogP contribution in [0, 0.1) is 0 Å². The van der Waals surface area contributed by atoms with Crippen LogP contribution >= 0.6 is 23.4 Å². The number of thioether (sulfide) groups is 1. The van der Waals surface area contributed by atoms with Gasteiger partial charge in [0.25, 0.3) is 17.1 Å². The van der Waals surface area contributed by atoms with Gasteiger partial charge < -0.3 is 15.4 Å². The van der Waals surface area contributed by atoms with Gasteiger partial charge >= 0.3 is 0 Å². The van der Waals surface area contributed by atoms with Crippen molar-refractivity contribution in [3.8, 4) is 5.75 Å². The van der Waals surface area contributed by atoms with Gasteiger partial charge in [-0.25, -0.2) is 0 Å². The minimum atomic E-state index is -0.444. The molecule has 0 atom stereocenters. The molecule has 0 radical (unpaired) electrons. The van der Waals surface area contributed by atoms with Crippen LogP contribution in [0.4, 0.5) is 4.79 Å². The third-order valence-corrected chi connectivity index (χ3v) is 5.70. The van der Waals surface area contributed by atoms with Crippen molar-refractivity contribution in [2.75, 3.05) is 26.2 Å². The highest BCUT2D eigenvalue weighted by Crippen LogP contribution is 2.32. The van der Waals surface area contributed by atoms with Gasteiger partial charge in [0.2, 0.25) is 5.91 Å². The molecule has 1 aliphatic rings. The van der Waals surface area contributed by atoms with Crippen LogP contribution in [0.2, 0.25) is 5.02 Å². The Morgan fingerprint density at radius 2 is 1.82 bits per heavy atom. The zero-order valence-electron chi connectivity index (χ0n) is 17.8. The van der Waals surface area contributed by atoms with Gasteiger partial charge in [-0.3, -0.25) is 24.1 Å². The van der Waals surface area contributed by atoms with E-state index < -0.39 is 23.0 Å². The summed E-state index contributed by atoms with van der Waals surface area (Å²) in [6, 6.07) is 13.6. The Hall–Kier alpha value is -3.30. The fourth-order valence-electron chi connectivity index (χ4n) is 2.96. The Morgan fingerprint density at radius 3 is 2.55 bits per heavy atom. The van der Waals surface area contributed by atoms with E-state index in [0.29, 0.717) is 27.8 Å². The number of nitrogens with one attached hydrogen (secondary N) is 2. The predicted molar refractivity (Wildman–Crippen MR) is 127 cm³/mol. The molecule has 0 spiro atoms. The Balaban J connectivity index is 1.46. The van der Waals surface area contributed by atoms with Gasteiger partial charge in [0.1, 0.15) is 5.75 Å². The summed E-state index contributed by atoms with van der Waals surface area (Å²) >= 11 is 6.70. The van der Waals surface area contributed by atoms with Crippen LogP contribution in [0.1, 0.15) is 22.8 Å². The van der Waals surface area contributed by atoms with Crippen molar-refractivity contribution in [2.24, 2.45) is 0 Å². The number of carbonyl (C=O) groups excluding carboxylic acids is 4. The minimum absolute atomic E-state index is 0.0233. The first-order valence-corrected chi connectivity index (χ1v) is 11.4. The van der Waals surface area contributed by atoms with E-state index in [1.54, 1.807) is 54.6 Å². The lowest BCUT2D eigenvalue weighted by Gasteiger charge is -2.13. The topological polar surface area (TPSA) is 105 Å². The molecule has 1 aliphatic heterocycles. The van der Waals surface area contributed by atoms with Crippen LogP contribution in [0.15, 0.2) is 53.4 Å².